The van der Waals surface area contributed by atoms with E-state index in [1.807, 2.05) is 0 Å². The van der Waals surface area contributed by atoms with E-state index in [1.165, 1.54) is 43.5 Å². The van der Waals surface area contributed by atoms with Crippen LogP contribution in [0.3, 0.4) is 0 Å². The SMILES string of the molecule is CO[C@H](CO)[C@@H](Cc1ccccn1)NC(=O)c1cccc(F)c1C1=NCC(c2ccc(F)cc2)=C1F. The fraction of sp³-hybridized carbons (Fsp3) is 0.222. The van der Waals surface area contributed by atoms with Crippen molar-refractivity contribution in [1.82, 2.24) is 10.3 Å². The van der Waals surface area contributed by atoms with Crippen LogP contribution in [0.2, 0.25) is 0 Å². The second-order valence-electron chi connectivity index (χ2n) is 8.19. The first-order chi connectivity index (χ1) is 17.4. The van der Waals surface area contributed by atoms with Gasteiger partial charge in [-0.05, 0) is 42.0 Å². The molecule has 0 saturated heterocycles. The number of aliphatic hydroxyl groups is 1. The third kappa shape index (κ3) is 5.37. The van der Waals surface area contributed by atoms with E-state index in [4.69, 9.17) is 4.74 Å². The quantitative estimate of drug-likeness (QED) is 0.472. The van der Waals surface area contributed by atoms with Crippen molar-refractivity contribution in [3.63, 3.8) is 0 Å². The van der Waals surface area contributed by atoms with Crippen molar-refractivity contribution in [3.05, 3.63) is 107 Å². The van der Waals surface area contributed by atoms with Crippen molar-refractivity contribution < 1.29 is 27.8 Å². The highest BCUT2D eigenvalue weighted by atomic mass is 19.1. The van der Waals surface area contributed by atoms with Crippen molar-refractivity contribution in [3.8, 4) is 0 Å². The third-order valence-electron chi connectivity index (χ3n) is 5.96. The number of pyridine rings is 1. The van der Waals surface area contributed by atoms with E-state index in [9.17, 15) is 14.3 Å². The summed E-state index contributed by atoms with van der Waals surface area (Å²) in [6.45, 7) is -0.462. The fourth-order valence-corrected chi connectivity index (χ4v) is 4.08. The zero-order valence-electron chi connectivity index (χ0n) is 19.4. The number of amides is 1. The van der Waals surface area contributed by atoms with Crippen LogP contribution in [0.5, 0.6) is 0 Å². The molecule has 2 heterocycles. The van der Waals surface area contributed by atoms with Crippen LogP contribution in [0, 0.1) is 11.6 Å². The average Bonchev–Trinajstić information content (AvgIpc) is 3.26. The van der Waals surface area contributed by atoms with Gasteiger partial charge in [0.25, 0.3) is 5.91 Å². The van der Waals surface area contributed by atoms with E-state index in [2.05, 4.69) is 15.3 Å². The van der Waals surface area contributed by atoms with Gasteiger partial charge in [-0.25, -0.2) is 13.2 Å². The molecule has 1 aliphatic rings. The van der Waals surface area contributed by atoms with E-state index >= 15 is 8.78 Å². The summed E-state index contributed by atoms with van der Waals surface area (Å²) in [6, 6.07) is 13.7. The number of allylic oxidation sites excluding steroid dienone is 1. The molecule has 2 N–H and O–H groups in total. The van der Waals surface area contributed by atoms with Gasteiger partial charge >= 0.3 is 0 Å². The zero-order chi connectivity index (χ0) is 25.7. The number of ether oxygens (including phenoxy) is 1. The van der Waals surface area contributed by atoms with Crippen molar-refractivity contribution in [2.75, 3.05) is 20.3 Å². The number of aliphatic hydroxyl groups excluding tert-OH is 1. The Bertz CT molecular complexity index is 1290. The number of carbonyl (C=O) groups is 1. The van der Waals surface area contributed by atoms with Crippen LogP contribution in [0.15, 0.2) is 77.7 Å². The number of aliphatic imine (C=N–C) groups is 1. The molecule has 0 spiro atoms. The van der Waals surface area contributed by atoms with Crippen LogP contribution in [0.25, 0.3) is 5.57 Å². The molecule has 0 fully saturated rings. The Hall–Kier alpha value is -3.82. The Kier molecular flexibility index (Phi) is 7.92. The maximum Gasteiger partial charge on any atom is 0.252 e. The molecule has 1 aromatic heterocycles. The van der Waals surface area contributed by atoms with Gasteiger partial charge in [-0.3, -0.25) is 14.8 Å². The van der Waals surface area contributed by atoms with Gasteiger partial charge in [-0.2, -0.15) is 0 Å². The minimum absolute atomic E-state index is 0.0826. The van der Waals surface area contributed by atoms with Crippen molar-refractivity contribution in [2.45, 2.75) is 18.6 Å². The number of carbonyl (C=O) groups excluding carboxylic acids is 1. The molecule has 36 heavy (non-hydrogen) atoms. The predicted molar refractivity (Wildman–Crippen MR) is 129 cm³/mol. The lowest BCUT2D eigenvalue weighted by Crippen LogP contribution is -2.47. The molecule has 0 bridgehead atoms. The smallest absolute Gasteiger partial charge is 0.252 e. The highest BCUT2D eigenvalue weighted by Crippen LogP contribution is 2.31. The molecule has 6 nitrogen and oxygen atoms in total. The Morgan fingerprint density at radius 2 is 1.86 bits per heavy atom. The zero-order valence-corrected chi connectivity index (χ0v) is 19.4. The van der Waals surface area contributed by atoms with Crippen molar-refractivity contribution in [1.29, 1.82) is 0 Å². The molecule has 1 aliphatic heterocycles. The summed E-state index contributed by atoms with van der Waals surface area (Å²) in [4.78, 5) is 21.8. The van der Waals surface area contributed by atoms with Gasteiger partial charge in [-0.1, -0.05) is 24.3 Å². The van der Waals surface area contributed by atoms with Crippen molar-refractivity contribution in [2.24, 2.45) is 4.99 Å². The van der Waals surface area contributed by atoms with Gasteiger partial charge in [0, 0.05) is 31.0 Å². The molecule has 2 aromatic carbocycles. The summed E-state index contributed by atoms with van der Waals surface area (Å²) >= 11 is 0. The number of hydrogen-bond donors (Lipinski definition) is 2. The third-order valence-corrected chi connectivity index (χ3v) is 5.96. The van der Waals surface area contributed by atoms with Crippen LogP contribution in [-0.4, -0.2) is 54.1 Å². The molecule has 0 radical (unpaired) electrons. The Balaban J connectivity index is 1.66. The van der Waals surface area contributed by atoms with Crippen LogP contribution in [0.4, 0.5) is 13.2 Å². The number of nitrogens with zero attached hydrogens (tertiary/aromatic N) is 2. The molecule has 1 amide bonds. The van der Waals surface area contributed by atoms with Gasteiger partial charge < -0.3 is 15.2 Å². The second kappa shape index (κ2) is 11.3. The summed E-state index contributed by atoms with van der Waals surface area (Å²) in [6.07, 6.45) is 1.07. The first kappa shape index (κ1) is 25.3. The Morgan fingerprint density at radius 3 is 2.53 bits per heavy atom. The van der Waals surface area contributed by atoms with Gasteiger partial charge in [0.15, 0.2) is 5.83 Å². The molecule has 9 heteroatoms. The maximum atomic E-state index is 15.4. The second-order valence-corrected chi connectivity index (χ2v) is 8.19. The highest BCUT2D eigenvalue weighted by molar-refractivity contribution is 6.21. The molecule has 0 saturated carbocycles. The maximum absolute atomic E-state index is 15.4. The summed E-state index contributed by atoms with van der Waals surface area (Å²) in [5.74, 6) is -2.75. The van der Waals surface area contributed by atoms with Gasteiger partial charge in [0.2, 0.25) is 0 Å². The van der Waals surface area contributed by atoms with Crippen molar-refractivity contribution >= 4 is 17.2 Å². The van der Waals surface area contributed by atoms with Crippen LogP contribution >= 0.6 is 0 Å². The summed E-state index contributed by atoms with van der Waals surface area (Å²) < 4.78 is 49.1. The Labute approximate surface area is 206 Å². The first-order valence-electron chi connectivity index (χ1n) is 11.3. The summed E-state index contributed by atoms with van der Waals surface area (Å²) in [7, 11) is 1.40. The monoisotopic (exact) mass is 495 g/mol. The van der Waals surface area contributed by atoms with Gasteiger partial charge in [-0.15, -0.1) is 0 Å². The van der Waals surface area contributed by atoms with E-state index < -0.39 is 35.5 Å². The number of nitrogens with one attached hydrogen (secondary N) is 1. The Morgan fingerprint density at radius 1 is 1.08 bits per heavy atom. The number of hydrogen-bond acceptors (Lipinski definition) is 5. The predicted octanol–water partition coefficient (Wildman–Crippen LogP) is 3.89. The lowest BCUT2D eigenvalue weighted by molar-refractivity contribution is 0.0214. The molecular weight excluding hydrogens is 471 g/mol. The molecular formula is C27H24F3N3O3. The van der Waals surface area contributed by atoms with Crippen LogP contribution in [-0.2, 0) is 11.2 Å². The molecule has 0 unspecified atom stereocenters. The van der Waals surface area contributed by atoms with E-state index in [1.54, 1.807) is 24.4 Å². The number of halogens is 3. The lowest BCUT2D eigenvalue weighted by atomic mass is 9.97. The number of benzene rings is 2. The normalized spacial score (nSPS) is 15.0. The van der Waals surface area contributed by atoms with Gasteiger partial charge in [0.05, 0.1) is 30.3 Å². The standard InChI is InChI=1S/C27H24F3N3O3/c1-36-23(15-34)22(13-18-5-2-3-12-31-18)33-27(35)19-6-4-7-21(29)24(19)26-25(30)20(14-32-26)16-8-10-17(28)11-9-16/h2-12,22-23,34H,13-15H2,1H3,(H,33,35)/t22-,23-/m1/s1. The first-order valence-corrected chi connectivity index (χ1v) is 11.3. The van der Waals surface area contributed by atoms with E-state index in [-0.39, 0.29) is 42.0 Å². The number of methoxy groups -OCH3 is 1. The molecule has 0 aliphatic carbocycles. The lowest BCUT2D eigenvalue weighted by Gasteiger charge is -2.26. The van der Waals surface area contributed by atoms with Gasteiger partial charge in [0.1, 0.15) is 23.5 Å². The topological polar surface area (TPSA) is 83.8 Å². The fourth-order valence-electron chi connectivity index (χ4n) is 4.08. The number of rotatable bonds is 9. The van der Waals surface area contributed by atoms with Crippen LogP contribution < -0.4 is 5.32 Å². The molecule has 3 aromatic rings. The average molecular weight is 496 g/mol. The summed E-state index contributed by atoms with van der Waals surface area (Å²) in [5, 5.41) is 12.5. The van der Waals surface area contributed by atoms with E-state index in [0.717, 1.165) is 6.07 Å². The number of aromatic nitrogens is 1. The highest BCUT2D eigenvalue weighted by Gasteiger charge is 2.30. The minimum Gasteiger partial charge on any atom is -0.394 e. The molecule has 186 valence electrons. The minimum atomic E-state index is -0.816. The van der Waals surface area contributed by atoms with E-state index in [0.29, 0.717) is 11.3 Å². The molecule has 2 atom stereocenters. The summed E-state index contributed by atoms with van der Waals surface area (Å²) in [5.41, 5.74) is 0.547. The largest absolute Gasteiger partial charge is 0.394 e. The molecule has 4 rings (SSSR count). The van der Waals surface area contributed by atoms with Crippen LogP contribution in [0.1, 0.15) is 27.2 Å².